The Morgan fingerprint density at radius 3 is 2.36 bits per heavy atom. The summed E-state index contributed by atoms with van der Waals surface area (Å²) >= 11 is 0. The van der Waals surface area contributed by atoms with Crippen LogP contribution in [0.1, 0.15) is 24.0 Å². The van der Waals surface area contributed by atoms with Crippen molar-refractivity contribution in [1.82, 2.24) is 15.4 Å². The lowest BCUT2D eigenvalue weighted by Crippen LogP contribution is -2.41. The van der Waals surface area contributed by atoms with Gasteiger partial charge in [0.1, 0.15) is 5.82 Å². The van der Waals surface area contributed by atoms with E-state index in [0.717, 1.165) is 24.0 Å². The van der Waals surface area contributed by atoms with Crippen molar-refractivity contribution in [3.63, 3.8) is 0 Å². The highest BCUT2D eigenvalue weighted by molar-refractivity contribution is 7.89. The van der Waals surface area contributed by atoms with Gasteiger partial charge < -0.3 is 10.6 Å². The van der Waals surface area contributed by atoms with Crippen molar-refractivity contribution in [2.24, 2.45) is 4.99 Å². The van der Waals surface area contributed by atoms with Crippen molar-refractivity contribution in [3.05, 3.63) is 65.5 Å². The number of halogens is 1. The number of benzene rings is 2. The van der Waals surface area contributed by atoms with Crippen LogP contribution in [-0.2, 0) is 22.0 Å². The summed E-state index contributed by atoms with van der Waals surface area (Å²) in [6.07, 6.45) is 1.89. The van der Waals surface area contributed by atoms with Crippen molar-refractivity contribution in [1.29, 1.82) is 0 Å². The van der Waals surface area contributed by atoms with Gasteiger partial charge in [-0.05, 0) is 49.2 Å². The molecule has 0 radical (unpaired) electrons. The molecule has 3 rings (SSSR count). The molecule has 3 N–H and O–H groups in total. The molecule has 0 heterocycles. The van der Waals surface area contributed by atoms with E-state index in [-0.39, 0.29) is 16.1 Å². The molecule has 0 atom stereocenters. The van der Waals surface area contributed by atoms with Gasteiger partial charge in [-0.15, -0.1) is 0 Å². The Morgan fingerprint density at radius 1 is 1.11 bits per heavy atom. The van der Waals surface area contributed by atoms with Gasteiger partial charge in [-0.2, -0.15) is 0 Å². The van der Waals surface area contributed by atoms with Gasteiger partial charge in [-0.1, -0.05) is 30.3 Å². The fourth-order valence-corrected chi connectivity index (χ4v) is 3.88. The van der Waals surface area contributed by atoms with E-state index in [1.54, 1.807) is 37.4 Å². The Hall–Kier alpha value is -2.45. The van der Waals surface area contributed by atoms with Gasteiger partial charge in [0, 0.05) is 25.6 Å². The quantitative estimate of drug-likeness (QED) is 0.488. The van der Waals surface area contributed by atoms with Crippen LogP contribution in [0.15, 0.2) is 58.4 Å². The standard InChI is InChI=1S/C20H25FN4O2S/c1-22-19(24-13-15-7-9-16(10-8-15)28(26,27)23-2)25-14-20(11-12-20)17-5-3-4-6-18(17)21/h3-10,23H,11-14H2,1-2H3,(H2,22,24,25). The molecule has 0 amide bonds. The lowest BCUT2D eigenvalue weighted by Gasteiger charge is -2.19. The van der Waals surface area contributed by atoms with Crippen LogP contribution >= 0.6 is 0 Å². The monoisotopic (exact) mass is 404 g/mol. The topological polar surface area (TPSA) is 82.6 Å². The van der Waals surface area contributed by atoms with Crippen molar-refractivity contribution in [3.8, 4) is 0 Å². The third-order valence-electron chi connectivity index (χ3n) is 5.08. The van der Waals surface area contributed by atoms with Crippen LogP contribution in [0.2, 0.25) is 0 Å². The summed E-state index contributed by atoms with van der Waals surface area (Å²) in [4.78, 5) is 4.44. The van der Waals surface area contributed by atoms with Gasteiger partial charge in [0.25, 0.3) is 0 Å². The number of nitrogens with one attached hydrogen (secondary N) is 3. The van der Waals surface area contributed by atoms with Gasteiger partial charge in [0.2, 0.25) is 10.0 Å². The molecule has 0 bridgehead atoms. The Bertz CT molecular complexity index is 954. The zero-order chi connectivity index (χ0) is 20.2. The highest BCUT2D eigenvalue weighted by Gasteiger charge is 2.45. The summed E-state index contributed by atoms with van der Waals surface area (Å²) in [6.45, 7) is 1.10. The highest BCUT2D eigenvalue weighted by atomic mass is 32.2. The molecular weight excluding hydrogens is 379 g/mol. The van der Waals surface area contributed by atoms with E-state index < -0.39 is 10.0 Å². The summed E-state index contributed by atoms with van der Waals surface area (Å²) in [7, 11) is -0.371. The lowest BCUT2D eigenvalue weighted by atomic mass is 9.95. The number of sulfonamides is 1. The van der Waals surface area contributed by atoms with Gasteiger partial charge in [-0.25, -0.2) is 17.5 Å². The molecule has 6 nitrogen and oxygen atoms in total. The minimum atomic E-state index is -3.44. The van der Waals surface area contributed by atoms with E-state index in [1.165, 1.54) is 13.1 Å². The zero-order valence-electron chi connectivity index (χ0n) is 16.0. The number of guanidine groups is 1. The van der Waals surface area contributed by atoms with Crippen LogP contribution in [0.3, 0.4) is 0 Å². The van der Waals surface area contributed by atoms with E-state index in [0.29, 0.717) is 19.0 Å². The number of hydrogen-bond donors (Lipinski definition) is 3. The van der Waals surface area contributed by atoms with Crippen LogP contribution in [-0.4, -0.2) is 35.0 Å². The summed E-state index contributed by atoms with van der Waals surface area (Å²) in [5.41, 5.74) is 1.50. The van der Waals surface area contributed by atoms with Gasteiger partial charge in [0.05, 0.1) is 4.90 Å². The van der Waals surface area contributed by atoms with Crippen LogP contribution in [0.25, 0.3) is 0 Å². The Labute approximate surface area is 165 Å². The molecule has 0 unspecified atom stereocenters. The minimum absolute atomic E-state index is 0.165. The summed E-state index contributed by atoms with van der Waals surface area (Å²) in [5, 5.41) is 6.48. The van der Waals surface area contributed by atoms with E-state index in [9.17, 15) is 12.8 Å². The average Bonchev–Trinajstić information content (AvgIpc) is 3.49. The third-order valence-corrected chi connectivity index (χ3v) is 6.51. The molecule has 1 saturated carbocycles. The first-order valence-electron chi connectivity index (χ1n) is 9.12. The fourth-order valence-electron chi connectivity index (χ4n) is 3.15. The number of nitrogens with zero attached hydrogens (tertiary/aromatic N) is 1. The maximum absolute atomic E-state index is 14.1. The molecule has 0 aromatic heterocycles. The first-order chi connectivity index (χ1) is 13.4. The van der Waals surface area contributed by atoms with Crippen molar-refractivity contribution < 1.29 is 12.8 Å². The predicted molar refractivity (Wildman–Crippen MR) is 108 cm³/mol. The second-order valence-corrected chi connectivity index (χ2v) is 8.78. The lowest BCUT2D eigenvalue weighted by molar-refractivity contribution is 0.559. The Balaban J connectivity index is 1.57. The molecule has 0 saturated heterocycles. The second-order valence-electron chi connectivity index (χ2n) is 6.89. The van der Waals surface area contributed by atoms with E-state index in [2.05, 4.69) is 20.3 Å². The second kappa shape index (κ2) is 8.28. The van der Waals surface area contributed by atoms with Gasteiger partial charge in [-0.3, -0.25) is 4.99 Å². The zero-order valence-corrected chi connectivity index (χ0v) is 16.8. The summed E-state index contributed by atoms with van der Waals surface area (Å²) < 4.78 is 39.9. The summed E-state index contributed by atoms with van der Waals surface area (Å²) in [5.74, 6) is 0.455. The normalized spacial score (nSPS) is 15.9. The Morgan fingerprint density at radius 2 is 1.79 bits per heavy atom. The fraction of sp³-hybridized carbons (Fsp3) is 0.350. The molecule has 2 aromatic carbocycles. The first-order valence-corrected chi connectivity index (χ1v) is 10.6. The van der Waals surface area contributed by atoms with E-state index >= 15 is 0 Å². The summed E-state index contributed by atoms with van der Waals surface area (Å²) in [6, 6.07) is 13.6. The van der Waals surface area contributed by atoms with Crippen molar-refractivity contribution in [2.75, 3.05) is 20.6 Å². The molecule has 1 aliphatic carbocycles. The Kier molecular flexibility index (Phi) is 6.00. The molecule has 1 fully saturated rings. The molecular formula is C20H25FN4O2S. The van der Waals surface area contributed by atoms with Gasteiger partial charge in [0.15, 0.2) is 5.96 Å². The van der Waals surface area contributed by atoms with Gasteiger partial charge >= 0.3 is 0 Å². The van der Waals surface area contributed by atoms with Crippen molar-refractivity contribution >= 4 is 16.0 Å². The molecule has 0 spiro atoms. The van der Waals surface area contributed by atoms with Crippen LogP contribution in [0.4, 0.5) is 4.39 Å². The van der Waals surface area contributed by atoms with Crippen LogP contribution < -0.4 is 15.4 Å². The number of aliphatic imine (C=N–C) groups is 1. The minimum Gasteiger partial charge on any atom is -0.356 e. The molecule has 150 valence electrons. The molecule has 0 aliphatic heterocycles. The number of rotatable bonds is 7. The SMILES string of the molecule is CN=C(NCc1ccc(S(=O)(=O)NC)cc1)NCC1(c2ccccc2F)CC1. The molecule has 8 heteroatoms. The van der Waals surface area contributed by atoms with Crippen LogP contribution in [0.5, 0.6) is 0 Å². The predicted octanol–water partition coefficient (Wildman–Crippen LogP) is 2.13. The smallest absolute Gasteiger partial charge is 0.240 e. The average molecular weight is 405 g/mol. The largest absolute Gasteiger partial charge is 0.356 e. The van der Waals surface area contributed by atoms with Crippen molar-refractivity contribution in [2.45, 2.75) is 29.7 Å². The first kappa shape index (κ1) is 20.3. The molecule has 2 aromatic rings. The van der Waals surface area contributed by atoms with E-state index in [1.807, 2.05) is 12.1 Å². The molecule has 28 heavy (non-hydrogen) atoms. The number of hydrogen-bond acceptors (Lipinski definition) is 3. The maximum Gasteiger partial charge on any atom is 0.240 e. The maximum atomic E-state index is 14.1. The van der Waals surface area contributed by atoms with E-state index in [4.69, 9.17) is 0 Å². The highest BCUT2D eigenvalue weighted by Crippen LogP contribution is 2.48. The third kappa shape index (κ3) is 4.51. The molecule has 1 aliphatic rings. The van der Waals surface area contributed by atoms with Crippen LogP contribution in [0, 0.1) is 5.82 Å².